The number of hydrogen-bond donors (Lipinski definition) is 0. The van der Waals surface area contributed by atoms with E-state index in [1.165, 1.54) is 0 Å². The van der Waals surface area contributed by atoms with Crippen molar-refractivity contribution in [3.8, 4) is 0 Å². The summed E-state index contributed by atoms with van der Waals surface area (Å²) in [5, 5.41) is 0. The molecule has 0 atom stereocenters. The van der Waals surface area contributed by atoms with Crippen molar-refractivity contribution in [2.75, 3.05) is 0 Å². The molecule has 0 radical (unpaired) electrons. The first-order valence-corrected chi connectivity index (χ1v) is 8.54. The molecule has 1 rings (SSSR count). The van der Waals surface area contributed by atoms with Gasteiger partial charge in [0.25, 0.3) is 0 Å². The monoisotopic (exact) mass is 344 g/mol. The molecule has 0 N–H and O–H groups in total. The number of nitrogens with zero attached hydrogens (tertiary/aromatic N) is 2. The van der Waals surface area contributed by atoms with Crippen LogP contribution in [0.2, 0.25) is 0 Å². The summed E-state index contributed by atoms with van der Waals surface area (Å²) < 4.78 is 2.08. The van der Waals surface area contributed by atoms with Crippen molar-refractivity contribution in [1.82, 2.24) is 4.57 Å². The molecule has 134 valence electrons. The summed E-state index contributed by atoms with van der Waals surface area (Å²) in [6.45, 7) is 21.5. The Hall–Kier alpha value is -3.13. The number of hydrogen-bond acceptors (Lipinski definition) is 1. The van der Waals surface area contributed by atoms with Crippen LogP contribution in [0.1, 0.15) is 37.6 Å². The second kappa shape index (κ2) is 10.7. The van der Waals surface area contributed by atoms with Crippen LogP contribution in [-0.4, -0.2) is 10.8 Å². The third-order valence-electron chi connectivity index (χ3n) is 3.65. The lowest BCUT2D eigenvalue weighted by Crippen LogP contribution is -1.98. The number of allylic oxidation sites excluding steroid dienone is 9. The molecule has 0 aromatic carbocycles. The lowest BCUT2D eigenvalue weighted by molar-refractivity contribution is 1.09. The SMILES string of the molecule is C=C/C=N\c1c(C=C)c(/C=C\C)c(/C=C\C)n1/C(C=C)=C/C(C)=C\C=C. The minimum atomic E-state index is 0.790. The largest absolute Gasteiger partial charge is 0.294 e. The Labute approximate surface area is 158 Å². The smallest absolute Gasteiger partial charge is 0.145 e. The van der Waals surface area contributed by atoms with Gasteiger partial charge in [-0.15, -0.1) is 0 Å². The van der Waals surface area contributed by atoms with E-state index in [9.17, 15) is 0 Å². The molecular weight excluding hydrogens is 316 g/mol. The molecule has 0 spiro atoms. The summed E-state index contributed by atoms with van der Waals surface area (Å²) in [6, 6.07) is 0. The summed E-state index contributed by atoms with van der Waals surface area (Å²) in [4.78, 5) is 4.62. The topological polar surface area (TPSA) is 17.3 Å². The second-order valence-electron chi connectivity index (χ2n) is 5.51. The number of aliphatic imine (C=N–C) groups is 1. The highest BCUT2D eigenvalue weighted by Gasteiger charge is 2.19. The predicted octanol–water partition coefficient (Wildman–Crippen LogP) is 7.24. The molecule has 1 heterocycles. The van der Waals surface area contributed by atoms with Gasteiger partial charge in [0.05, 0.1) is 5.69 Å². The second-order valence-corrected chi connectivity index (χ2v) is 5.51. The van der Waals surface area contributed by atoms with Crippen LogP contribution in [0.4, 0.5) is 5.82 Å². The van der Waals surface area contributed by atoms with E-state index in [4.69, 9.17) is 0 Å². The van der Waals surface area contributed by atoms with Crippen LogP contribution < -0.4 is 0 Å². The van der Waals surface area contributed by atoms with Gasteiger partial charge in [0.1, 0.15) is 5.82 Å². The molecule has 1 aromatic rings. The van der Waals surface area contributed by atoms with Gasteiger partial charge in [0.2, 0.25) is 0 Å². The molecule has 0 saturated carbocycles. The van der Waals surface area contributed by atoms with Crippen molar-refractivity contribution in [2.45, 2.75) is 20.8 Å². The minimum Gasteiger partial charge on any atom is -0.294 e. The summed E-state index contributed by atoms with van der Waals surface area (Å²) >= 11 is 0. The Morgan fingerprint density at radius 1 is 0.962 bits per heavy atom. The summed E-state index contributed by atoms with van der Waals surface area (Å²) in [6.07, 6.45) is 21.0. The van der Waals surface area contributed by atoms with E-state index in [2.05, 4.69) is 54.1 Å². The molecule has 2 heteroatoms. The van der Waals surface area contributed by atoms with Crippen LogP contribution in [0.3, 0.4) is 0 Å². The molecule has 0 unspecified atom stereocenters. The van der Waals surface area contributed by atoms with E-state index in [1.54, 1.807) is 18.4 Å². The molecular formula is C24H28N2. The quantitative estimate of drug-likeness (QED) is 0.332. The highest BCUT2D eigenvalue weighted by Crippen LogP contribution is 2.36. The lowest BCUT2D eigenvalue weighted by atomic mass is 10.1. The summed E-state index contributed by atoms with van der Waals surface area (Å²) in [5.41, 5.74) is 5.04. The van der Waals surface area contributed by atoms with Crippen LogP contribution in [-0.2, 0) is 0 Å². The molecule has 0 aliphatic carbocycles. The van der Waals surface area contributed by atoms with Crippen molar-refractivity contribution in [3.05, 3.63) is 91.2 Å². The van der Waals surface area contributed by atoms with E-state index in [0.717, 1.165) is 33.9 Å². The third kappa shape index (κ3) is 4.70. The average molecular weight is 345 g/mol. The van der Waals surface area contributed by atoms with Crippen LogP contribution in [0.25, 0.3) is 23.9 Å². The first kappa shape index (κ1) is 20.9. The molecule has 0 aliphatic heterocycles. The highest BCUT2D eigenvalue weighted by atomic mass is 15.1. The van der Waals surface area contributed by atoms with Gasteiger partial charge in [-0.25, -0.2) is 4.99 Å². The van der Waals surface area contributed by atoms with E-state index < -0.39 is 0 Å². The Kier molecular flexibility index (Phi) is 8.59. The molecule has 0 amide bonds. The van der Waals surface area contributed by atoms with Crippen molar-refractivity contribution < 1.29 is 0 Å². The fourth-order valence-electron chi connectivity index (χ4n) is 2.67. The van der Waals surface area contributed by atoms with Gasteiger partial charge < -0.3 is 0 Å². The maximum absolute atomic E-state index is 4.62. The first-order valence-electron chi connectivity index (χ1n) is 8.54. The number of rotatable bonds is 9. The lowest BCUT2D eigenvalue weighted by Gasteiger charge is -2.11. The van der Waals surface area contributed by atoms with Gasteiger partial charge >= 0.3 is 0 Å². The molecule has 0 saturated heterocycles. The Balaban J connectivity index is 4.03. The Morgan fingerprint density at radius 3 is 2.15 bits per heavy atom. The molecule has 0 fully saturated rings. The fraction of sp³-hybridized carbons (Fsp3) is 0.125. The Bertz CT molecular complexity index is 834. The molecule has 0 aliphatic rings. The normalized spacial score (nSPS) is 13.0. The maximum Gasteiger partial charge on any atom is 0.145 e. The summed E-state index contributed by atoms with van der Waals surface area (Å²) in [5.74, 6) is 0.790. The number of aromatic nitrogens is 1. The van der Waals surface area contributed by atoms with Crippen LogP contribution >= 0.6 is 0 Å². The standard InChI is InChI=1S/C24H28N2/c1-8-14-19(7)18-20(12-5)26-23(16-10-3)22(15-9-2)21(13-6)24(26)25-17-11-4/h8-18H,1,4-6H2,2-3,7H3/b15-9-,16-10-,19-14-,20-18+,25-17-. The minimum absolute atomic E-state index is 0.790. The van der Waals surface area contributed by atoms with Gasteiger partial charge in [-0.05, 0) is 44.6 Å². The highest BCUT2D eigenvalue weighted by molar-refractivity contribution is 5.87. The maximum atomic E-state index is 4.62. The average Bonchev–Trinajstić information content (AvgIpc) is 2.91. The zero-order chi connectivity index (χ0) is 19.5. The van der Waals surface area contributed by atoms with Crippen LogP contribution in [0.5, 0.6) is 0 Å². The van der Waals surface area contributed by atoms with Crippen molar-refractivity contribution >= 4 is 36.0 Å². The van der Waals surface area contributed by atoms with E-state index in [1.807, 2.05) is 51.2 Å². The van der Waals surface area contributed by atoms with Gasteiger partial charge in [-0.1, -0.05) is 68.8 Å². The van der Waals surface area contributed by atoms with Gasteiger partial charge in [-0.2, -0.15) is 0 Å². The zero-order valence-electron chi connectivity index (χ0n) is 16.1. The van der Waals surface area contributed by atoms with Gasteiger partial charge in [-0.3, -0.25) is 4.57 Å². The molecule has 1 aromatic heterocycles. The van der Waals surface area contributed by atoms with Crippen molar-refractivity contribution in [3.63, 3.8) is 0 Å². The predicted molar refractivity (Wildman–Crippen MR) is 121 cm³/mol. The van der Waals surface area contributed by atoms with Crippen molar-refractivity contribution in [2.24, 2.45) is 4.99 Å². The van der Waals surface area contributed by atoms with Gasteiger partial charge in [0, 0.05) is 23.0 Å². The Morgan fingerprint density at radius 2 is 1.65 bits per heavy atom. The zero-order valence-corrected chi connectivity index (χ0v) is 16.1. The first-order chi connectivity index (χ1) is 12.6. The molecule has 2 nitrogen and oxygen atoms in total. The van der Waals surface area contributed by atoms with E-state index in [-0.39, 0.29) is 0 Å². The van der Waals surface area contributed by atoms with Crippen LogP contribution in [0, 0.1) is 0 Å². The van der Waals surface area contributed by atoms with Gasteiger partial charge in [0.15, 0.2) is 0 Å². The third-order valence-corrected chi connectivity index (χ3v) is 3.65. The van der Waals surface area contributed by atoms with E-state index >= 15 is 0 Å². The molecule has 26 heavy (non-hydrogen) atoms. The van der Waals surface area contributed by atoms with Crippen molar-refractivity contribution in [1.29, 1.82) is 0 Å². The van der Waals surface area contributed by atoms with Crippen LogP contribution in [0.15, 0.2) is 79.4 Å². The van der Waals surface area contributed by atoms with E-state index in [0.29, 0.717) is 0 Å². The summed E-state index contributed by atoms with van der Waals surface area (Å²) in [7, 11) is 0. The molecule has 0 bridgehead atoms. The fourth-order valence-corrected chi connectivity index (χ4v) is 2.67.